The molecule has 0 aliphatic carbocycles. The summed E-state index contributed by atoms with van der Waals surface area (Å²) in [6, 6.07) is 13.3. The molecule has 9 nitrogen and oxygen atoms in total. The van der Waals surface area contributed by atoms with Gasteiger partial charge in [0.05, 0.1) is 21.1 Å². The maximum atomic E-state index is 13.2. The Labute approximate surface area is 239 Å². The van der Waals surface area contributed by atoms with E-state index in [1.807, 2.05) is 24.4 Å². The Morgan fingerprint density at radius 3 is 2.02 bits per heavy atom. The van der Waals surface area contributed by atoms with Gasteiger partial charge in [0.1, 0.15) is 11.2 Å². The van der Waals surface area contributed by atoms with Crippen molar-refractivity contribution in [3.63, 3.8) is 0 Å². The summed E-state index contributed by atoms with van der Waals surface area (Å²) in [5.74, 6) is -0.454. The zero-order valence-corrected chi connectivity index (χ0v) is 25.5. The molecule has 0 aliphatic rings. The summed E-state index contributed by atoms with van der Waals surface area (Å²) in [6.45, 7) is 12.4. The van der Waals surface area contributed by atoms with Gasteiger partial charge in [0.2, 0.25) is 0 Å². The van der Waals surface area contributed by atoms with Gasteiger partial charge in [0, 0.05) is 21.6 Å². The van der Waals surface area contributed by atoms with Crippen molar-refractivity contribution in [1.29, 1.82) is 0 Å². The maximum Gasteiger partial charge on any atom is 0.442 e. The standard InChI is InChI=1S/C29H35N3O6S2/c1-18-15-24(39-17-18)20-11-14-22(31-26(34)37-28(2,3)4)23(16-20)30-25(33)19-9-12-21(13-10-19)40(8,36)32-27(35)38-29(5,6)7/h9-17H,1-8H3,(H,30,33)(H,31,34). The van der Waals surface area contributed by atoms with Crippen LogP contribution in [0.15, 0.2) is 63.2 Å². The summed E-state index contributed by atoms with van der Waals surface area (Å²) in [5.41, 5.74) is 1.54. The second-order valence-corrected chi connectivity index (χ2v) is 14.4. The first-order valence-electron chi connectivity index (χ1n) is 12.5. The van der Waals surface area contributed by atoms with Crippen LogP contribution in [0, 0.1) is 6.92 Å². The Balaban J connectivity index is 1.88. The number of hydrogen-bond acceptors (Lipinski definition) is 7. The number of thiophene rings is 1. The third-order valence-electron chi connectivity index (χ3n) is 5.11. The average molecular weight is 586 g/mol. The highest BCUT2D eigenvalue weighted by atomic mass is 32.2. The van der Waals surface area contributed by atoms with Gasteiger partial charge in [0.15, 0.2) is 0 Å². The molecule has 0 saturated carbocycles. The molecule has 1 aromatic heterocycles. The molecule has 0 spiro atoms. The number of anilines is 2. The molecule has 40 heavy (non-hydrogen) atoms. The summed E-state index contributed by atoms with van der Waals surface area (Å²) in [5, 5.41) is 7.59. The molecular formula is C29H35N3O6S2. The largest absolute Gasteiger partial charge is 0.444 e. The molecule has 3 aromatic rings. The smallest absolute Gasteiger partial charge is 0.442 e. The van der Waals surface area contributed by atoms with Crippen LogP contribution in [0.4, 0.5) is 21.0 Å². The van der Waals surface area contributed by atoms with Crippen LogP contribution in [-0.4, -0.2) is 39.8 Å². The van der Waals surface area contributed by atoms with Crippen LogP contribution in [0.1, 0.15) is 57.5 Å². The first-order valence-corrected chi connectivity index (χ1v) is 15.3. The van der Waals surface area contributed by atoms with Gasteiger partial charge in [-0.05, 0) is 107 Å². The summed E-state index contributed by atoms with van der Waals surface area (Å²) in [4.78, 5) is 39.0. The molecule has 3 rings (SSSR count). The van der Waals surface area contributed by atoms with Gasteiger partial charge >= 0.3 is 12.2 Å². The number of nitrogens with zero attached hydrogens (tertiary/aromatic N) is 1. The molecule has 11 heteroatoms. The lowest BCUT2D eigenvalue weighted by molar-refractivity contribution is 0.0603. The monoisotopic (exact) mass is 585 g/mol. The van der Waals surface area contributed by atoms with Crippen molar-refractivity contribution in [2.24, 2.45) is 4.36 Å². The van der Waals surface area contributed by atoms with Crippen molar-refractivity contribution in [1.82, 2.24) is 0 Å². The second kappa shape index (κ2) is 11.8. The van der Waals surface area contributed by atoms with Gasteiger partial charge in [-0.25, -0.2) is 13.8 Å². The molecule has 0 aliphatic heterocycles. The maximum absolute atomic E-state index is 13.2. The number of ether oxygens (including phenoxy) is 2. The lowest BCUT2D eigenvalue weighted by Crippen LogP contribution is -2.27. The lowest BCUT2D eigenvalue weighted by Gasteiger charge is -2.21. The first kappa shape index (κ1) is 30.8. The fourth-order valence-corrected chi connectivity index (χ4v) is 5.40. The highest BCUT2D eigenvalue weighted by molar-refractivity contribution is 7.93. The summed E-state index contributed by atoms with van der Waals surface area (Å²) in [6.07, 6.45) is -0.246. The van der Waals surface area contributed by atoms with E-state index in [1.165, 1.54) is 30.5 Å². The van der Waals surface area contributed by atoms with Gasteiger partial charge in [-0.1, -0.05) is 6.07 Å². The Hall–Kier alpha value is -3.70. The predicted octanol–water partition coefficient (Wildman–Crippen LogP) is 7.71. The van der Waals surface area contributed by atoms with E-state index in [4.69, 9.17) is 9.47 Å². The van der Waals surface area contributed by atoms with Gasteiger partial charge in [0.25, 0.3) is 5.91 Å². The minimum absolute atomic E-state index is 0.275. The van der Waals surface area contributed by atoms with Gasteiger partial charge in [-0.2, -0.15) is 0 Å². The van der Waals surface area contributed by atoms with Crippen molar-refractivity contribution in [3.8, 4) is 10.4 Å². The fourth-order valence-electron chi connectivity index (χ4n) is 3.43. The molecule has 214 valence electrons. The van der Waals surface area contributed by atoms with E-state index in [0.717, 1.165) is 16.0 Å². The SMILES string of the molecule is Cc1csc(-c2ccc(NC(=O)OC(C)(C)C)c(NC(=O)c3ccc(S(C)(=O)=NC(=O)OC(C)(C)C)cc3)c2)c1. The Morgan fingerprint density at radius 1 is 0.850 bits per heavy atom. The third kappa shape index (κ3) is 8.92. The van der Waals surface area contributed by atoms with Crippen LogP contribution in [0.2, 0.25) is 0 Å². The number of rotatable bonds is 5. The molecule has 2 aromatic carbocycles. The molecule has 3 amide bonds. The molecule has 1 unspecified atom stereocenters. The van der Waals surface area contributed by atoms with Crippen molar-refractivity contribution in [2.45, 2.75) is 64.6 Å². The van der Waals surface area contributed by atoms with Gasteiger partial charge < -0.3 is 14.8 Å². The highest BCUT2D eigenvalue weighted by Crippen LogP contribution is 2.33. The molecule has 0 saturated heterocycles. The summed E-state index contributed by atoms with van der Waals surface area (Å²) >= 11 is 1.57. The van der Waals surface area contributed by atoms with Crippen LogP contribution >= 0.6 is 11.3 Å². The van der Waals surface area contributed by atoms with Crippen LogP contribution in [0.3, 0.4) is 0 Å². The minimum Gasteiger partial charge on any atom is -0.444 e. The van der Waals surface area contributed by atoms with Crippen molar-refractivity contribution >= 4 is 50.5 Å². The highest BCUT2D eigenvalue weighted by Gasteiger charge is 2.20. The number of hydrogen-bond donors (Lipinski definition) is 2. The van der Waals surface area contributed by atoms with E-state index >= 15 is 0 Å². The van der Waals surface area contributed by atoms with Gasteiger partial charge in [-0.15, -0.1) is 15.7 Å². The first-order chi connectivity index (χ1) is 18.4. The zero-order valence-electron chi connectivity index (χ0n) is 23.9. The van der Waals surface area contributed by atoms with Crippen LogP contribution < -0.4 is 10.6 Å². The zero-order chi connectivity index (χ0) is 29.9. The topological polar surface area (TPSA) is 123 Å². The molecule has 1 heterocycles. The van der Waals surface area contributed by atoms with E-state index in [2.05, 4.69) is 15.0 Å². The predicted molar refractivity (Wildman–Crippen MR) is 160 cm³/mol. The molecule has 0 radical (unpaired) electrons. The van der Waals surface area contributed by atoms with Gasteiger partial charge in [-0.3, -0.25) is 10.1 Å². The number of benzene rings is 2. The van der Waals surface area contributed by atoms with Crippen molar-refractivity contribution < 1.29 is 28.1 Å². The second-order valence-electron chi connectivity index (χ2n) is 11.2. The lowest BCUT2D eigenvalue weighted by atomic mass is 10.1. The number of amides is 3. The molecule has 2 N–H and O–H groups in total. The summed E-state index contributed by atoms with van der Waals surface area (Å²) < 4.78 is 27.3. The minimum atomic E-state index is -3.09. The van der Waals surface area contributed by atoms with E-state index in [0.29, 0.717) is 11.4 Å². The average Bonchev–Trinajstić information content (AvgIpc) is 3.23. The third-order valence-corrected chi connectivity index (χ3v) is 7.86. The molecule has 0 fully saturated rings. The summed E-state index contributed by atoms with van der Waals surface area (Å²) in [7, 11) is -3.09. The Kier molecular flexibility index (Phi) is 9.10. The number of carbonyl (C=O) groups excluding carboxylic acids is 3. The number of nitrogens with one attached hydrogen (secondary N) is 2. The molecular weight excluding hydrogens is 550 g/mol. The Bertz CT molecular complexity index is 1540. The van der Waals surface area contributed by atoms with Crippen molar-refractivity contribution in [3.05, 3.63) is 65.0 Å². The fraction of sp³-hybridized carbons (Fsp3) is 0.345. The normalized spacial score (nSPS) is 13.1. The quantitative estimate of drug-likeness (QED) is 0.316. The molecule has 1 atom stereocenters. The van der Waals surface area contributed by atoms with E-state index in [-0.39, 0.29) is 10.5 Å². The van der Waals surface area contributed by atoms with E-state index < -0.39 is 39.0 Å². The van der Waals surface area contributed by atoms with Crippen LogP contribution in [0.5, 0.6) is 0 Å². The van der Waals surface area contributed by atoms with E-state index in [1.54, 1.807) is 65.0 Å². The molecule has 0 bridgehead atoms. The van der Waals surface area contributed by atoms with Crippen LogP contribution in [-0.2, 0) is 19.2 Å². The Morgan fingerprint density at radius 2 is 1.48 bits per heavy atom. The van der Waals surface area contributed by atoms with Crippen molar-refractivity contribution in [2.75, 3.05) is 16.9 Å². The number of carbonyl (C=O) groups is 3. The number of aryl methyl sites for hydroxylation is 1. The van der Waals surface area contributed by atoms with E-state index in [9.17, 15) is 18.6 Å². The van der Waals surface area contributed by atoms with Crippen LogP contribution in [0.25, 0.3) is 10.4 Å².